The Hall–Kier alpha value is -4.71. The topological polar surface area (TPSA) is 86.5 Å². The zero-order valence-corrected chi connectivity index (χ0v) is 18.1. The van der Waals surface area contributed by atoms with Crippen LogP contribution in [-0.4, -0.2) is 25.8 Å². The summed E-state index contributed by atoms with van der Waals surface area (Å²) in [5.74, 6) is -0.145. The second-order valence-electron chi connectivity index (χ2n) is 8.54. The van der Waals surface area contributed by atoms with Gasteiger partial charge in [-0.15, -0.1) is 0 Å². The van der Waals surface area contributed by atoms with E-state index in [1.165, 1.54) is 11.1 Å². The number of carbonyl (C=O) groups is 1. The van der Waals surface area contributed by atoms with Crippen molar-refractivity contribution in [1.29, 1.82) is 0 Å². The van der Waals surface area contributed by atoms with E-state index < -0.39 is 0 Å². The quantitative estimate of drug-likeness (QED) is 0.318. The van der Waals surface area contributed by atoms with Crippen LogP contribution in [-0.2, 0) is 6.42 Å². The third-order valence-electron chi connectivity index (χ3n) is 6.63. The summed E-state index contributed by atoms with van der Waals surface area (Å²) in [5, 5.41) is 5.06. The van der Waals surface area contributed by atoms with E-state index in [-0.39, 0.29) is 5.91 Å². The summed E-state index contributed by atoms with van der Waals surface area (Å²) < 4.78 is 0. The molecule has 4 heterocycles. The van der Waals surface area contributed by atoms with Crippen molar-refractivity contribution in [2.24, 2.45) is 0 Å². The van der Waals surface area contributed by atoms with Gasteiger partial charge in [-0.2, -0.15) is 0 Å². The van der Waals surface area contributed by atoms with Gasteiger partial charge in [-0.05, 0) is 58.1 Å². The molecule has 162 valence electrons. The number of aromatic nitrogens is 4. The first-order valence-electron chi connectivity index (χ1n) is 11.2. The molecule has 0 unspecified atom stereocenters. The van der Waals surface area contributed by atoms with Crippen molar-refractivity contribution in [1.82, 2.24) is 19.9 Å². The van der Waals surface area contributed by atoms with Gasteiger partial charge in [0.05, 0.1) is 5.56 Å². The third kappa shape index (κ3) is 2.79. The number of hydrogen-bond acceptors (Lipinski definition) is 3. The minimum absolute atomic E-state index is 0.145. The first-order chi connectivity index (χ1) is 16.8. The minimum Gasteiger partial charge on any atom is -0.346 e. The highest BCUT2D eigenvalue weighted by Crippen LogP contribution is 2.46. The molecule has 0 atom stereocenters. The van der Waals surface area contributed by atoms with Crippen molar-refractivity contribution in [3.63, 3.8) is 0 Å². The summed E-state index contributed by atoms with van der Waals surface area (Å²) in [5.41, 5.74) is 9.92. The van der Waals surface area contributed by atoms with Crippen LogP contribution in [0.25, 0.3) is 44.3 Å². The highest BCUT2D eigenvalue weighted by Gasteiger charge is 2.26. The zero-order valence-electron chi connectivity index (χ0n) is 18.1. The van der Waals surface area contributed by atoms with Crippen LogP contribution in [0.15, 0.2) is 85.5 Å². The van der Waals surface area contributed by atoms with Crippen molar-refractivity contribution in [2.45, 2.75) is 6.42 Å². The number of rotatable bonds is 3. The fraction of sp³-hybridized carbons (Fsp3) is 0.0357. The number of carbonyl (C=O) groups excluding carboxylic acids is 1. The Labute approximate surface area is 194 Å². The lowest BCUT2D eigenvalue weighted by atomic mass is 9.93. The standard InChI is InChI=1S/C28H19N5O/c34-28(22-9-12-31-27-21(22)8-11-30-27)33-24-6-5-20(18-13-17-7-10-29-26(17)32-15-18)25-19-4-2-1-3-16(19)14-23(24)25/h1-13,15H,14H2,(H,29,32)(H,30,31)(H,33,34). The lowest BCUT2D eigenvalue weighted by Crippen LogP contribution is -2.14. The van der Waals surface area contributed by atoms with Crippen molar-refractivity contribution in [3.05, 3.63) is 102 Å². The molecular weight excluding hydrogens is 422 g/mol. The van der Waals surface area contributed by atoms with E-state index in [1.807, 2.05) is 30.6 Å². The Bertz CT molecular complexity index is 1740. The molecule has 4 aromatic heterocycles. The molecule has 6 nitrogen and oxygen atoms in total. The van der Waals surface area contributed by atoms with Gasteiger partial charge < -0.3 is 15.3 Å². The maximum absolute atomic E-state index is 13.3. The summed E-state index contributed by atoms with van der Waals surface area (Å²) >= 11 is 0. The summed E-state index contributed by atoms with van der Waals surface area (Å²) in [6.07, 6.45) is 8.03. The lowest BCUT2D eigenvalue weighted by Gasteiger charge is -2.15. The van der Waals surface area contributed by atoms with Gasteiger partial charge in [0.15, 0.2) is 0 Å². The molecule has 0 radical (unpaired) electrons. The number of benzene rings is 2. The van der Waals surface area contributed by atoms with E-state index in [4.69, 9.17) is 0 Å². The van der Waals surface area contributed by atoms with Crippen LogP contribution in [0.5, 0.6) is 0 Å². The van der Waals surface area contributed by atoms with Crippen LogP contribution < -0.4 is 5.32 Å². The summed E-state index contributed by atoms with van der Waals surface area (Å²) in [6, 6.07) is 20.4. The van der Waals surface area contributed by atoms with Crippen LogP contribution in [0.1, 0.15) is 21.5 Å². The molecule has 6 aromatic rings. The number of amides is 1. The molecule has 6 heteroatoms. The van der Waals surface area contributed by atoms with Crippen molar-refractivity contribution >= 4 is 33.7 Å². The number of hydrogen-bond donors (Lipinski definition) is 3. The number of anilines is 1. The largest absolute Gasteiger partial charge is 0.346 e. The Morgan fingerprint density at radius 3 is 2.74 bits per heavy atom. The first kappa shape index (κ1) is 18.8. The van der Waals surface area contributed by atoms with Gasteiger partial charge in [0, 0.05) is 53.2 Å². The number of nitrogens with one attached hydrogen (secondary N) is 3. The van der Waals surface area contributed by atoms with Gasteiger partial charge in [0.1, 0.15) is 11.3 Å². The molecule has 1 aliphatic rings. The third-order valence-corrected chi connectivity index (χ3v) is 6.63. The van der Waals surface area contributed by atoms with Crippen LogP contribution >= 0.6 is 0 Å². The van der Waals surface area contributed by atoms with Crippen LogP contribution in [0.2, 0.25) is 0 Å². The zero-order chi connectivity index (χ0) is 22.6. The molecule has 1 amide bonds. The van der Waals surface area contributed by atoms with E-state index >= 15 is 0 Å². The first-order valence-corrected chi connectivity index (χ1v) is 11.2. The lowest BCUT2D eigenvalue weighted by molar-refractivity contribution is 0.102. The molecule has 0 spiro atoms. The molecule has 2 aromatic carbocycles. The highest BCUT2D eigenvalue weighted by molar-refractivity contribution is 6.13. The Kier molecular flexibility index (Phi) is 3.96. The van der Waals surface area contributed by atoms with Crippen molar-refractivity contribution < 1.29 is 4.79 Å². The molecule has 7 rings (SSSR count). The van der Waals surface area contributed by atoms with Gasteiger partial charge in [-0.3, -0.25) is 4.79 Å². The average molecular weight is 441 g/mol. The van der Waals surface area contributed by atoms with Gasteiger partial charge in [0.2, 0.25) is 0 Å². The number of fused-ring (bicyclic) bond motifs is 5. The fourth-order valence-corrected chi connectivity index (χ4v) is 5.04. The maximum Gasteiger partial charge on any atom is 0.256 e. The van der Waals surface area contributed by atoms with Gasteiger partial charge in [-0.1, -0.05) is 30.3 Å². The Morgan fingerprint density at radius 1 is 0.882 bits per heavy atom. The molecular formula is C28H19N5O. The van der Waals surface area contributed by atoms with E-state index in [1.54, 1.807) is 18.5 Å². The van der Waals surface area contributed by atoms with E-state index in [0.29, 0.717) is 11.2 Å². The van der Waals surface area contributed by atoms with Gasteiger partial charge in [-0.25, -0.2) is 9.97 Å². The molecule has 0 bridgehead atoms. The van der Waals surface area contributed by atoms with Crippen LogP contribution in [0, 0.1) is 0 Å². The fourth-order valence-electron chi connectivity index (χ4n) is 5.04. The molecule has 3 N–H and O–H groups in total. The van der Waals surface area contributed by atoms with E-state index in [0.717, 1.165) is 50.8 Å². The van der Waals surface area contributed by atoms with Crippen molar-refractivity contribution in [2.75, 3.05) is 5.32 Å². The Morgan fingerprint density at radius 2 is 1.76 bits per heavy atom. The summed E-state index contributed by atoms with van der Waals surface area (Å²) in [7, 11) is 0. The summed E-state index contributed by atoms with van der Waals surface area (Å²) in [4.78, 5) is 28.4. The molecule has 0 saturated heterocycles. The predicted molar refractivity (Wildman–Crippen MR) is 134 cm³/mol. The summed E-state index contributed by atoms with van der Waals surface area (Å²) in [6.45, 7) is 0. The maximum atomic E-state index is 13.3. The average Bonchev–Trinajstić information content (AvgIpc) is 3.61. The normalized spacial score (nSPS) is 12.1. The molecule has 0 saturated carbocycles. The van der Waals surface area contributed by atoms with E-state index in [9.17, 15) is 4.79 Å². The monoisotopic (exact) mass is 441 g/mol. The molecule has 0 aliphatic heterocycles. The van der Waals surface area contributed by atoms with Crippen molar-refractivity contribution in [3.8, 4) is 22.3 Å². The highest BCUT2D eigenvalue weighted by atomic mass is 16.1. The number of pyridine rings is 2. The minimum atomic E-state index is -0.145. The smallest absolute Gasteiger partial charge is 0.256 e. The molecule has 34 heavy (non-hydrogen) atoms. The molecule has 1 aliphatic carbocycles. The van der Waals surface area contributed by atoms with Gasteiger partial charge in [0.25, 0.3) is 5.91 Å². The van der Waals surface area contributed by atoms with Crippen LogP contribution in [0.3, 0.4) is 0 Å². The second kappa shape index (κ2) is 7.15. The number of nitrogens with zero attached hydrogens (tertiary/aromatic N) is 2. The predicted octanol–water partition coefficient (Wildman–Crippen LogP) is 5.93. The van der Waals surface area contributed by atoms with Crippen LogP contribution in [0.4, 0.5) is 5.69 Å². The van der Waals surface area contributed by atoms with E-state index in [2.05, 4.69) is 61.7 Å². The molecule has 0 fully saturated rings. The second-order valence-corrected chi connectivity index (χ2v) is 8.54. The Balaban J connectivity index is 1.37. The number of H-pyrrole nitrogens is 2. The van der Waals surface area contributed by atoms with Gasteiger partial charge >= 0.3 is 0 Å². The number of aromatic amines is 2. The SMILES string of the molecule is O=C(Nc1ccc(-c2cnc3[nH]ccc3c2)c2c1Cc1ccccc1-2)c1ccnc2[nH]ccc12.